The van der Waals surface area contributed by atoms with Gasteiger partial charge in [0, 0.05) is 37.8 Å². The maximum atomic E-state index is 13.2. The van der Waals surface area contributed by atoms with E-state index in [1.807, 2.05) is 42.3 Å². The first-order valence-electron chi connectivity index (χ1n) is 9.75. The van der Waals surface area contributed by atoms with Crippen LogP contribution in [0.5, 0.6) is 0 Å². The lowest BCUT2D eigenvalue weighted by atomic mass is 10.1. The first-order valence-corrected chi connectivity index (χ1v) is 10.5. The molecule has 8 heteroatoms. The summed E-state index contributed by atoms with van der Waals surface area (Å²) in [5.41, 5.74) is 1.16. The zero-order valence-corrected chi connectivity index (χ0v) is 17.4. The van der Waals surface area contributed by atoms with Crippen molar-refractivity contribution in [3.63, 3.8) is 0 Å². The van der Waals surface area contributed by atoms with Crippen LogP contribution in [-0.4, -0.2) is 62.4 Å². The van der Waals surface area contributed by atoms with E-state index in [1.54, 1.807) is 18.0 Å². The molecule has 29 heavy (non-hydrogen) atoms. The van der Waals surface area contributed by atoms with Crippen LogP contribution in [0.4, 0.5) is 0 Å². The van der Waals surface area contributed by atoms with Crippen molar-refractivity contribution >= 4 is 34.1 Å². The third kappa shape index (κ3) is 3.85. The molecule has 0 N–H and O–H groups in total. The molecule has 1 fully saturated rings. The Hall–Kier alpha value is -2.87. The normalized spacial score (nSPS) is 17.2. The average Bonchev–Trinajstić information content (AvgIpc) is 3.03. The van der Waals surface area contributed by atoms with Gasteiger partial charge in [-0.1, -0.05) is 28.8 Å². The Balaban J connectivity index is 1.48. The minimum atomic E-state index is -0.0749. The molecule has 0 unspecified atom stereocenters. The number of carbonyl (C=O) groups is 2. The summed E-state index contributed by atoms with van der Waals surface area (Å²) in [6.07, 6.45) is 4.13. The highest BCUT2D eigenvalue weighted by Gasteiger charge is 2.28. The molecule has 2 aromatic heterocycles. The maximum absolute atomic E-state index is 13.2. The highest BCUT2D eigenvalue weighted by Crippen LogP contribution is 2.23. The van der Waals surface area contributed by atoms with Gasteiger partial charge in [-0.05, 0) is 49.2 Å². The zero-order valence-electron chi connectivity index (χ0n) is 16.5. The van der Waals surface area contributed by atoms with Gasteiger partial charge in [0.2, 0.25) is 0 Å². The molecule has 0 aliphatic carbocycles. The molecular weight excluding hydrogens is 386 g/mol. The van der Waals surface area contributed by atoms with Gasteiger partial charge in [0.25, 0.3) is 11.8 Å². The molecule has 150 valence electrons. The summed E-state index contributed by atoms with van der Waals surface area (Å²) in [4.78, 5) is 34.6. The van der Waals surface area contributed by atoms with Crippen LogP contribution in [0.2, 0.25) is 0 Å². The molecule has 0 saturated carbocycles. The topological polar surface area (TPSA) is 79.3 Å². The molecule has 3 heterocycles. The Morgan fingerprint density at radius 2 is 2.00 bits per heavy atom. The summed E-state index contributed by atoms with van der Waals surface area (Å²) in [7, 11) is 1.84. The largest absolute Gasteiger partial charge is 0.338 e. The van der Waals surface area contributed by atoms with Crippen molar-refractivity contribution in [3.8, 4) is 0 Å². The lowest BCUT2D eigenvalue weighted by Gasteiger charge is -2.27. The van der Waals surface area contributed by atoms with E-state index in [0.29, 0.717) is 29.4 Å². The van der Waals surface area contributed by atoms with Gasteiger partial charge < -0.3 is 9.80 Å². The van der Waals surface area contributed by atoms with Gasteiger partial charge >= 0.3 is 0 Å². The summed E-state index contributed by atoms with van der Waals surface area (Å²) in [5.74, 6) is -0.0862. The Morgan fingerprint density at radius 3 is 2.79 bits per heavy atom. The number of rotatable bonds is 3. The molecule has 3 aromatic rings. The Bertz CT molecular complexity index is 1040. The number of amides is 2. The molecule has 1 aromatic carbocycles. The van der Waals surface area contributed by atoms with E-state index in [9.17, 15) is 9.59 Å². The molecule has 1 saturated heterocycles. The number of nitrogens with zero attached hydrogens (tertiary/aromatic N) is 5. The number of benzene rings is 1. The molecule has 2 amide bonds. The number of carbonyl (C=O) groups excluding carboxylic acids is 2. The maximum Gasteiger partial charge on any atom is 0.273 e. The predicted molar refractivity (Wildman–Crippen MR) is 112 cm³/mol. The minimum Gasteiger partial charge on any atom is -0.338 e. The van der Waals surface area contributed by atoms with Gasteiger partial charge in [0.05, 0.1) is 5.69 Å². The second-order valence-electron chi connectivity index (χ2n) is 7.36. The second kappa shape index (κ2) is 8.24. The summed E-state index contributed by atoms with van der Waals surface area (Å²) in [6.45, 7) is 3.10. The number of pyridine rings is 1. The third-order valence-corrected chi connectivity index (χ3v) is 6.39. The van der Waals surface area contributed by atoms with Gasteiger partial charge in [0.15, 0.2) is 0 Å². The van der Waals surface area contributed by atoms with Crippen molar-refractivity contribution in [3.05, 3.63) is 52.8 Å². The molecule has 0 bridgehead atoms. The molecule has 1 atom stereocenters. The Labute approximate surface area is 173 Å². The fourth-order valence-corrected chi connectivity index (χ4v) is 4.49. The number of aromatic nitrogens is 3. The molecule has 4 rings (SSSR count). The van der Waals surface area contributed by atoms with Gasteiger partial charge in [-0.2, -0.15) is 0 Å². The summed E-state index contributed by atoms with van der Waals surface area (Å²) in [6, 6.07) is 9.78. The summed E-state index contributed by atoms with van der Waals surface area (Å²) < 4.78 is 3.87. The van der Waals surface area contributed by atoms with Gasteiger partial charge in [-0.15, -0.1) is 5.10 Å². The molecule has 0 radical (unpaired) electrons. The molecule has 0 spiro atoms. The van der Waals surface area contributed by atoms with Crippen molar-refractivity contribution in [1.82, 2.24) is 24.4 Å². The standard InChI is InChI=1S/C21H23N5O2S/c1-14-19(29-24-23-14)21(28)26-12-5-7-16(10-13-26)25(2)20(27)18-17-8-4-3-6-15(17)9-11-22-18/h3-4,6,8-9,11,16H,5,7,10,12-13H2,1-2H3/t16-/m1/s1. The average molecular weight is 410 g/mol. The molecular formula is C21H23N5O2S. The Morgan fingerprint density at radius 1 is 1.17 bits per heavy atom. The van der Waals surface area contributed by atoms with E-state index >= 15 is 0 Å². The van der Waals surface area contributed by atoms with Crippen LogP contribution in [0.1, 0.15) is 45.1 Å². The molecule has 7 nitrogen and oxygen atoms in total. The van der Waals surface area contributed by atoms with Crippen LogP contribution in [0.25, 0.3) is 10.8 Å². The Kier molecular flexibility index (Phi) is 5.53. The van der Waals surface area contributed by atoms with Crippen LogP contribution in [0.3, 0.4) is 0 Å². The van der Waals surface area contributed by atoms with Crippen LogP contribution < -0.4 is 0 Å². The van der Waals surface area contributed by atoms with Crippen LogP contribution >= 0.6 is 11.5 Å². The van der Waals surface area contributed by atoms with Crippen LogP contribution in [0, 0.1) is 6.92 Å². The fourth-order valence-electron chi connectivity index (χ4n) is 3.86. The van der Waals surface area contributed by atoms with Crippen molar-refractivity contribution in [2.75, 3.05) is 20.1 Å². The number of hydrogen-bond acceptors (Lipinski definition) is 6. The lowest BCUT2D eigenvalue weighted by molar-refractivity contribution is 0.0707. The van der Waals surface area contributed by atoms with Crippen molar-refractivity contribution < 1.29 is 9.59 Å². The first kappa shape index (κ1) is 19.4. The van der Waals surface area contributed by atoms with E-state index in [4.69, 9.17) is 0 Å². The van der Waals surface area contributed by atoms with Crippen molar-refractivity contribution in [2.24, 2.45) is 0 Å². The molecule has 1 aliphatic rings. The minimum absolute atomic E-state index is 0.0113. The van der Waals surface area contributed by atoms with E-state index < -0.39 is 0 Å². The predicted octanol–water partition coefficient (Wildman–Crippen LogP) is 3.16. The highest BCUT2D eigenvalue weighted by atomic mass is 32.1. The second-order valence-corrected chi connectivity index (χ2v) is 8.12. The number of likely N-dealkylation sites (tertiary alicyclic amines) is 1. The van der Waals surface area contributed by atoms with E-state index in [-0.39, 0.29) is 17.9 Å². The number of fused-ring (bicyclic) bond motifs is 1. The highest BCUT2D eigenvalue weighted by molar-refractivity contribution is 7.07. The number of aryl methyl sites for hydroxylation is 1. The lowest BCUT2D eigenvalue weighted by Crippen LogP contribution is -2.39. The smallest absolute Gasteiger partial charge is 0.273 e. The van der Waals surface area contributed by atoms with Crippen molar-refractivity contribution in [2.45, 2.75) is 32.2 Å². The number of hydrogen-bond donors (Lipinski definition) is 0. The SMILES string of the molecule is Cc1nnsc1C(=O)N1CCC[C@@H](N(C)C(=O)c2nccc3ccccc23)CC1. The van der Waals surface area contributed by atoms with E-state index in [1.165, 1.54) is 0 Å². The van der Waals surface area contributed by atoms with Crippen LogP contribution in [-0.2, 0) is 0 Å². The zero-order chi connectivity index (χ0) is 20.4. The molecule has 1 aliphatic heterocycles. The fraction of sp³-hybridized carbons (Fsp3) is 0.381. The van der Waals surface area contributed by atoms with Gasteiger partial charge in [0.1, 0.15) is 10.6 Å². The third-order valence-electron chi connectivity index (χ3n) is 5.57. The van der Waals surface area contributed by atoms with Crippen molar-refractivity contribution in [1.29, 1.82) is 0 Å². The van der Waals surface area contributed by atoms with E-state index in [0.717, 1.165) is 41.6 Å². The summed E-state index contributed by atoms with van der Waals surface area (Å²) >= 11 is 1.14. The van der Waals surface area contributed by atoms with Crippen LogP contribution in [0.15, 0.2) is 36.5 Å². The summed E-state index contributed by atoms with van der Waals surface area (Å²) in [5, 5.41) is 5.81. The van der Waals surface area contributed by atoms with E-state index in [2.05, 4.69) is 14.6 Å². The monoisotopic (exact) mass is 409 g/mol. The quantitative estimate of drug-likeness (QED) is 0.664. The van der Waals surface area contributed by atoms with Gasteiger partial charge in [-0.3, -0.25) is 14.6 Å². The van der Waals surface area contributed by atoms with Gasteiger partial charge in [-0.25, -0.2) is 0 Å². The first-order chi connectivity index (χ1) is 14.1.